The Bertz CT molecular complexity index is 404. The van der Waals surface area contributed by atoms with Crippen LogP contribution in [0.5, 0.6) is 0 Å². The van der Waals surface area contributed by atoms with Crippen LogP contribution in [0.15, 0.2) is 0 Å². The average Bonchev–Trinajstić information content (AvgIpc) is 3.01. The van der Waals surface area contributed by atoms with Gasteiger partial charge in [0.25, 0.3) is 0 Å². The van der Waals surface area contributed by atoms with Crippen molar-refractivity contribution in [1.82, 2.24) is 10.2 Å². The number of hydrogen-bond donors (Lipinski definition) is 1. The normalized spacial score (nSPS) is 34.9. The van der Waals surface area contributed by atoms with Crippen LogP contribution in [0.4, 0.5) is 0 Å². The molecule has 21 heavy (non-hydrogen) atoms. The van der Waals surface area contributed by atoms with Gasteiger partial charge in [-0.1, -0.05) is 39.0 Å². The van der Waals surface area contributed by atoms with Crippen molar-refractivity contribution in [1.29, 1.82) is 0 Å². The van der Waals surface area contributed by atoms with E-state index in [4.69, 9.17) is 0 Å². The van der Waals surface area contributed by atoms with Gasteiger partial charge in [-0.05, 0) is 37.6 Å². The molecule has 0 bridgehead atoms. The highest BCUT2D eigenvalue weighted by atomic mass is 16.2. The summed E-state index contributed by atoms with van der Waals surface area (Å²) in [6.07, 6.45) is 9.80. The van der Waals surface area contributed by atoms with E-state index in [-0.39, 0.29) is 23.9 Å². The van der Waals surface area contributed by atoms with Crippen molar-refractivity contribution in [3.05, 3.63) is 0 Å². The molecule has 1 aliphatic heterocycles. The van der Waals surface area contributed by atoms with Crippen molar-refractivity contribution in [3.8, 4) is 0 Å². The Kier molecular flexibility index (Phi) is 4.63. The van der Waals surface area contributed by atoms with E-state index in [2.05, 4.69) is 12.2 Å². The molecule has 1 heterocycles. The Hall–Kier alpha value is -0.900. The highest BCUT2D eigenvalue weighted by Gasteiger charge is 2.42. The number of carbonyl (C=O) groups is 2. The van der Waals surface area contributed by atoms with Crippen LogP contribution in [0.3, 0.4) is 0 Å². The first-order chi connectivity index (χ1) is 10.2. The molecule has 3 fully saturated rings. The molecule has 4 heteroatoms. The van der Waals surface area contributed by atoms with Gasteiger partial charge in [0.15, 0.2) is 0 Å². The van der Waals surface area contributed by atoms with Crippen LogP contribution in [-0.4, -0.2) is 35.3 Å². The van der Waals surface area contributed by atoms with E-state index in [0.717, 1.165) is 38.1 Å². The molecular weight excluding hydrogens is 264 g/mol. The fourth-order valence-electron chi connectivity index (χ4n) is 4.35. The van der Waals surface area contributed by atoms with Gasteiger partial charge in [-0.3, -0.25) is 14.5 Å². The van der Waals surface area contributed by atoms with Crippen molar-refractivity contribution < 1.29 is 9.59 Å². The average molecular weight is 292 g/mol. The first-order valence-corrected chi connectivity index (χ1v) is 8.76. The maximum absolute atomic E-state index is 12.5. The molecule has 1 N–H and O–H groups in total. The van der Waals surface area contributed by atoms with Crippen LogP contribution < -0.4 is 5.32 Å². The Morgan fingerprint density at radius 2 is 1.81 bits per heavy atom. The van der Waals surface area contributed by atoms with Crippen molar-refractivity contribution in [2.45, 2.75) is 76.8 Å². The van der Waals surface area contributed by atoms with Crippen molar-refractivity contribution >= 4 is 11.8 Å². The summed E-state index contributed by atoms with van der Waals surface area (Å²) < 4.78 is 0. The van der Waals surface area contributed by atoms with Crippen molar-refractivity contribution in [3.63, 3.8) is 0 Å². The van der Waals surface area contributed by atoms with E-state index < -0.39 is 0 Å². The van der Waals surface area contributed by atoms with Crippen LogP contribution in [-0.2, 0) is 9.59 Å². The van der Waals surface area contributed by atoms with Gasteiger partial charge in [0.1, 0.15) is 0 Å². The number of carbonyl (C=O) groups excluding carboxylic acids is 2. The summed E-state index contributed by atoms with van der Waals surface area (Å²) in [5.41, 5.74) is 0. The van der Waals surface area contributed by atoms with Crippen molar-refractivity contribution in [2.24, 2.45) is 11.8 Å². The smallest absolute Gasteiger partial charge is 0.247 e. The monoisotopic (exact) mass is 292 g/mol. The minimum absolute atomic E-state index is 0.0394. The summed E-state index contributed by atoms with van der Waals surface area (Å²) in [7, 11) is 0. The Balaban J connectivity index is 1.55. The molecule has 118 valence electrons. The number of likely N-dealkylation sites (tertiary alicyclic amines) is 1. The standard InChI is InChI=1S/C17H28N2O2/c1-12-6-5-7-13(12)11-18-15-10-16(20)19(17(15)21)14-8-3-2-4-9-14/h12-15,18H,2-11H2,1H3. The van der Waals surface area contributed by atoms with Gasteiger partial charge in [0.2, 0.25) is 11.8 Å². The molecule has 0 aromatic carbocycles. The summed E-state index contributed by atoms with van der Waals surface area (Å²) in [5.74, 6) is 1.51. The molecule has 3 unspecified atom stereocenters. The van der Waals surface area contributed by atoms with Gasteiger partial charge >= 0.3 is 0 Å². The van der Waals surface area contributed by atoms with Crippen molar-refractivity contribution in [2.75, 3.05) is 6.54 Å². The molecule has 0 aromatic heterocycles. The third-order valence-electron chi connectivity index (χ3n) is 5.79. The number of hydrogen-bond acceptors (Lipinski definition) is 3. The molecule has 0 radical (unpaired) electrons. The Labute approximate surface area is 127 Å². The summed E-state index contributed by atoms with van der Waals surface area (Å²) in [6, 6.07) is -0.0804. The lowest BCUT2D eigenvalue weighted by Crippen LogP contribution is -2.45. The highest BCUT2D eigenvalue weighted by Crippen LogP contribution is 2.31. The first-order valence-electron chi connectivity index (χ1n) is 8.76. The summed E-state index contributed by atoms with van der Waals surface area (Å²) in [5, 5.41) is 3.39. The molecule has 3 aliphatic rings. The molecule has 2 amide bonds. The lowest BCUT2D eigenvalue weighted by Gasteiger charge is -2.29. The van der Waals surface area contributed by atoms with Gasteiger partial charge in [0.05, 0.1) is 12.5 Å². The molecule has 3 atom stereocenters. The minimum Gasteiger partial charge on any atom is -0.305 e. The van der Waals surface area contributed by atoms with Gasteiger partial charge in [-0.25, -0.2) is 0 Å². The second-order valence-electron chi connectivity index (χ2n) is 7.23. The molecule has 2 aliphatic carbocycles. The predicted octanol–water partition coefficient (Wildman–Crippen LogP) is 2.47. The summed E-state index contributed by atoms with van der Waals surface area (Å²) in [6.45, 7) is 3.19. The number of imide groups is 1. The van der Waals surface area contributed by atoms with Gasteiger partial charge < -0.3 is 5.32 Å². The minimum atomic E-state index is -0.257. The van der Waals surface area contributed by atoms with Crippen LogP contribution in [0.2, 0.25) is 0 Å². The van der Waals surface area contributed by atoms with Crippen LogP contribution >= 0.6 is 0 Å². The van der Waals surface area contributed by atoms with E-state index in [1.807, 2.05) is 0 Å². The zero-order valence-electron chi connectivity index (χ0n) is 13.1. The van der Waals surface area contributed by atoms with E-state index in [1.165, 1.54) is 25.7 Å². The second-order valence-corrected chi connectivity index (χ2v) is 7.23. The van der Waals surface area contributed by atoms with Gasteiger partial charge in [-0.2, -0.15) is 0 Å². The molecule has 4 nitrogen and oxygen atoms in total. The first kappa shape index (κ1) is 15.0. The quantitative estimate of drug-likeness (QED) is 0.810. The largest absolute Gasteiger partial charge is 0.305 e. The third-order valence-corrected chi connectivity index (χ3v) is 5.79. The fraction of sp³-hybridized carbons (Fsp3) is 0.882. The molecule has 0 spiro atoms. The predicted molar refractivity (Wildman–Crippen MR) is 81.6 cm³/mol. The second kappa shape index (κ2) is 6.47. The lowest BCUT2D eigenvalue weighted by atomic mass is 9.94. The fourth-order valence-corrected chi connectivity index (χ4v) is 4.35. The number of rotatable bonds is 4. The van der Waals surface area contributed by atoms with E-state index in [1.54, 1.807) is 4.90 Å². The van der Waals surface area contributed by atoms with Crippen LogP contribution in [0.25, 0.3) is 0 Å². The summed E-state index contributed by atoms with van der Waals surface area (Å²) in [4.78, 5) is 26.4. The van der Waals surface area contributed by atoms with E-state index in [0.29, 0.717) is 12.3 Å². The van der Waals surface area contributed by atoms with Gasteiger partial charge in [0, 0.05) is 6.04 Å². The zero-order valence-corrected chi connectivity index (χ0v) is 13.1. The molecule has 0 aromatic rings. The maximum Gasteiger partial charge on any atom is 0.247 e. The van der Waals surface area contributed by atoms with E-state index >= 15 is 0 Å². The zero-order chi connectivity index (χ0) is 14.8. The Morgan fingerprint density at radius 1 is 1.05 bits per heavy atom. The lowest BCUT2D eigenvalue weighted by molar-refractivity contribution is -0.142. The number of amides is 2. The molecule has 2 saturated carbocycles. The van der Waals surface area contributed by atoms with Gasteiger partial charge in [-0.15, -0.1) is 0 Å². The highest BCUT2D eigenvalue weighted by molar-refractivity contribution is 6.05. The third kappa shape index (κ3) is 3.15. The maximum atomic E-state index is 12.5. The van der Waals surface area contributed by atoms with Crippen LogP contribution in [0.1, 0.15) is 64.7 Å². The van der Waals surface area contributed by atoms with E-state index in [9.17, 15) is 9.59 Å². The topological polar surface area (TPSA) is 49.4 Å². The molecule has 3 rings (SSSR count). The SMILES string of the molecule is CC1CCCC1CNC1CC(=O)N(C2CCCCC2)C1=O. The Morgan fingerprint density at radius 3 is 2.48 bits per heavy atom. The number of nitrogens with one attached hydrogen (secondary N) is 1. The van der Waals surface area contributed by atoms with Crippen LogP contribution in [0, 0.1) is 11.8 Å². The molecule has 1 saturated heterocycles. The molecular formula is C17H28N2O2. The summed E-state index contributed by atoms with van der Waals surface area (Å²) >= 11 is 0. The number of nitrogens with zero attached hydrogens (tertiary/aromatic N) is 1.